The molecule has 3 rings (SSSR count). The van der Waals surface area contributed by atoms with Crippen molar-refractivity contribution in [3.63, 3.8) is 0 Å². The second kappa shape index (κ2) is 5.60. The van der Waals surface area contributed by atoms with Gasteiger partial charge in [-0.3, -0.25) is 4.79 Å². The number of carboxylic acids is 1. The van der Waals surface area contributed by atoms with E-state index >= 15 is 0 Å². The Morgan fingerprint density at radius 1 is 1.29 bits per heavy atom. The fraction of sp³-hybridized carbons (Fsp3) is 0.400. The maximum atomic E-state index is 11.5. The molecule has 0 bridgehead atoms. The number of halogens is 1. The Bertz CT molecular complexity index is 645. The van der Waals surface area contributed by atoms with E-state index in [4.69, 9.17) is 4.52 Å². The van der Waals surface area contributed by atoms with Gasteiger partial charge in [-0.1, -0.05) is 33.9 Å². The van der Waals surface area contributed by atoms with E-state index in [2.05, 4.69) is 26.1 Å². The van der Waals surface area contributed by atoms with Crippen molar-refractivity contribution in [3.05, 3.63) is 34.6 Å². The summed E-state index contributed by atoms with van der Waals surface area (Å²) in [4.78, 5) is 15.9. The van der Waals surface area contributed by atoms with Gasteiger partial charge in [-0.15, -0.1) is 0 Å². The van der Waals surface area contributed by atoms with Crippen LogP contribution in [-0.4, -0.2) is 21.2 Å². The maximum absolute atomic E-state index is 11.5. The monoisotopic (exact) mass is 350 g/mol. The van der Waals surface area contributed by atoms with Crippen LogP contribution in [0.2, 0.25) is 0 Å². The summed E-state index contributed by atoms with van der Waals surface area (Å²) in [6, 6.07) is 7.59. The van der Waals surface area contributed by atoms with E-state index < -0.39 is 11.4 Å². The van der Waals surface area contributed by atoms with Gasteiger partial charge in [0.15, 0.2) is 0 Å². The molecule has 0 unspecified atom stereocenters. The number of carbonyl (C=O) groups is 1. The summed E-state index contributed by atoms with van der Waals surface area (Å²) >= 11 is 3.38. The average molecular weight is 351 g/mol. The number of aliphatic carboxylic acids is 1. The van der Waals surface area contributed by atoms with Crippen LogP contribution in [0.1, 0.15) is 31.6 Å². The number of nitrogens with zero attached hydrogens (tertiary/aromatic N) is 2. The van der Waals surface area contributed by atoms with Crippen molar-refractivity contribution in [1.82, 2.24) is 10.1 Å². The second-order valence-electron chi connectivity index (χ2n) is 5.49. The fourth-order valence-corrected chi connectivity index (χ4v) is 3.11. The minimum absolute atomic E-state index is 0.311. The van der Waals surface area contributed by atoms with Gasteiger partial charge in [-0.2, -0.15) is 4.98 Å². The van der Waals surface area contributed by atoms with Crippen LogP contribution in [0.25, 0.3) is 11.4 Å². The second-order valence-corrected chi connectivity index (χ2v) is 6.40. The number of hydrogen-bond acceptors (Lipinski definition) is 4. The first-order valence-electron chi connectivity index (χ1n) is 6.91. The lowest BCUT2D eigenvalue weighted by Crippen LogP contribution is -2.30. The summed E-state index contributed by atoms with van der Waals surface area (Å²) in [5.41, 5.74) is 0.118. The van der Waals surface area contributed by atoms with E-state index in [1.807, 2.05) is 24.3 Å². The molecule has 1 fully saturated rings. The lowest BCUT2D eigenvalue weighted by molar-refractivity contribution is -0.148. The predicted molar refractivity (Wildman–Crippen MR) is 79.7 cm³/mol. The molecule has 0 aliphatic heterocycles. The number of aromatic nitrogens is 2. The number of hydrogen-bond donors (Lipinski definition) is 1. The van der Waals surface area contributed by atoms with Gasteiger partial charge in [0, 0.05) is 16.5 Å². The Kier molecular flexibility index (Phi) is 3.80. The highest BCUT2D eigenvalue weighted by Gasteiger charge is 2.42. The van der Waals surface area contributed by atoms with E-state index in [1.54, 1.807) is 0 Å². The molecular weight excluding hydrogens is 336 g/mol. The topological polar surface area (TPSA) is 76.2 Å². The van der Waals surface area contributed by atoms with Crippen LogP contribution in [0.5, 0.6) is 0 Å². The number of benzene rings is 1. The third-order valence-electron chi connectivity index (χ3n) is 4.07. The molecule has 1 heterocycles. The minimum Gasteiger partial charge on any atom is -0.481 e. The van der Waals surface area contributed by atoms with Gasteiger partial charge in [0.05, 0.1) is 5.41 Å². The lowest BCUT2D eigenvalue weighted by atomic mass is 9.83. The Morgan fingerprint density at radius 3 is 2.57 bits per heavy atom. The Morgan fingerprint density at radius 2 is 1.95 bits per heavy atom. The van der Waals surface area contributed by atoms with E-state index in [-0.39, 0.29) is 0 Å². The summed E-state index contributed by atoms with van der Waals surface area (Å²) in [5, 5.41) is 13.4. The van der Waals surface area contributed by atoms with E-state index in [1.165, 1.54) is 0 Å². The molecule has 1 aliphatic rings. The summed E-state index contributed by atoms with van der Waals surface area (Å²) < 4.78 is 6.23. The molecule has 110 valence electrons. The van der Waals surface area contributed by atoms with Crippen LogP contribution < -0.4 is 0 Å². The van der Waals surface area contributed by atoms with Crippen molar-refractivity contribution in [3.8, 4) is 11.4 Å². The van der Waals surface area contributed by atoms with Crippen LogP contribution in [0.4, 0.5) is 0 Å². The molecule has 6 heteroatoms. The van der Waals surface area contributed by atoms with Crippen LogP contribution in [0.15, 0.2) is 33.3 Å². The van der Waals surface area contributed by atoms with Crippen LogP contribution in [-0.2, 0) is 11.2 Å². The van der Waals surface area contributed by atoms with Crippen LogP contribution in [0.3, 0.4) is 0 Å². The Balaban J connectivity index is 1.82. The molecule has 21 heavy (non-hydrogen) atoms. The predicted octanol–water partition coefficient (Wildman–Crippen LogP) is 3.69. The lowest BCUT2D eigenvalue weighted by Gasteiger charge is -2.21. The van der Waals surface area contributed by atoms with Gasteiger partial charge in [0.25, 0.3) is 0 Å². The molecule has 1 aromatic heterocycles. The third-order valence-corrected chi connectivity index (χ3v) is 4.60. The standard InChI is InChI=1S/C15H15BrN2O3/c16-11-5-3-10(4-6-11)13-17-12(21-18-13)9-15(14(19)20)7-1-2-8-15/h3-6H,1-2,7-9H2,(H,19,20). The van der Waals surface area contributed by atoms with E-state index in [9.17, 15) is 9.90 Å². The SMILES string of the molecule is O=C(O)C1(Cc2nc(-c3ccc(Br)cc3)no2)CCCC1. The highest BCUT2D eigenvalue weighted by molar-refractivity contribution is 9.10. The first kappa shape index (κ1) is 14.3. The minimum atomic E-state index is -0.761. The van der Waals surface area contributed by atoms with Gasteiger partial charge in [-0.05, 0) is 37.1 Å². The molecule has 1 aromatic carbocycles. The Labute approximate surface area is 130 Å². The van der Waals surface area contributed by atoms with Crippen molar-refractivity contribution >= 4 is 21.9 Å². The molecule has 0 atom stereocenters. The zero-order valence-corrected chi connectivity index (χ0v) is 13.0. The summed E-state index contributed by atoms with van der Waals surface area (Å²) in [7, 11) is 0. The fourth-order valence-electron chi connectivity index (χ4n) is 2.85. The van der Waals surface area contributed by atoms with Gasteiger partial charge in [0.1, 0.15) is 0 Å². The zero-order valence-electron chi connectivity index (χ0n) is 11.4. The third kappa shape index (κ3) is 2.85. The molecule has 0 spiro atoms. The normalized spacial score (nSPS) is 17.0. The van der Waals surface area contributed by atoms with Crippen molar-refractivity contribution in [2.24, 2.45) is 5.41 Å². The van der Waals surface area contributed by atoms with E-state index in [0.717, 1.165) is 22.9 Å². The van der Waals surface area contributed by atoms with Crippen molar-refractivity contribution in [2.75, 3.05) is 0 Å². The van der Waals surface area contributed by atoms with Crippen molar-refractivity contribution in [2.45, 2.75) is 32.1 Å². The van der Waals surface area contributed by atoms with E-state index in [0.29, 0.717) is 31.0 Å². The first-order chi connectivity index (χ1) is 10.1. The van der Waals surface area contributed by atoms with Crippen molar-refractivity contribution in [1.29, 1.82) is 0 Å². The average Bonchev–Trinajstić information content (AvgIpc) is 3.10. The summed E-state index contributed by atoms with van der Waals surface area (Å²) in [6.45, 7) is 0. The largest absolute Gasteiger partial charge is 0.481 e. The highest BCUT2D eigenvalue weighted by Crippen LogP contribution is 2.41. The molecule has 1 saturated carbocycles. The van der Waals surface area contributed by atoms with Crippen LogP contribution in [0, 0.1) is 5.41 Å². The molecule has 5 nitrogen and oxygen atoms in total. The first-order valence-corrected chi connectivity index (χ1v) is 7.70. The summed E-state index contributed by atoms with van der Waals surface area (Å²) in [5.74, 6) is 0.136. The maximum Gasteiger partial charge on any atom is 0.310 e. The van der Waals surface area contributed by atoms with Crippen molar-refractivity contribution < 1.29 is 14.4 Å². The Hall–Kier alpha value is -1.69. The molecule has 2 aromatic rings. The zero-order chi connectivity index (χ0) is 14.9. The molecule has 0 amide bonds. The van der Waals surface area contributed by atoms with Gasteiger partial charge < -0.3 is 9.63 Å². The summed E-state index contributed by atoms with van der Waals surface area (Å²) in [6.07, 6.45) is 3.56. The molecule has 0 radical (unpaired) electrons. The highest BCUT2D eigenvalue weighted by atomic mass is 79.9. The molecular formula is C15H15BrN2O3. The van der Waals surface area contributed by atoms with Gasteiger partial charge >= 0.3 is 5.97 Å². The van der Waals surface area contributed by atoms with Gasteiger partial charge in [0.2, 0.25) is 11.7 Å². The molecule has 1 N–H and O–H groups in total. The quantitative estimate of drug-likeness (QED) is 0.909. The molecule has 0 saturated heterocycles. The van der Waals surface area contributed by atoms with Gasteiger partial charge in [-0.25, -0.2) is 0 Å². The van der Waals surface area contributed by atoms with Crippen LogP contribution >= 0.6 is 15.9 Å². The smallest absolute Gasteiger partial charge is 0.310 e. The number of carboxylic acid groups (broad SMARTS) is 1. The molecule has 1 aliphatic carbocycles. The number of rotatable bonds is 4.